The number of rotatable bonds is 14. The van der Waals surface area contributed by atoms with Crippen LogP contribution < -0.4 is 14.4 Å². The first kappa shape index (κ1) is 35.9. The van der Waals surface area contributed by atoms with E-state index >= 15 is 0 Å². The number of carbonyl (C=O) groups is 2. The molecule has 258 valence electrons. The van der Waals surface area contributed by atoms with Gasteiger partial charge in [0.15, 0.2) is 0 Å². The third-order valence-corrected chi connectivity index (χ3v) is 10.8. The quantitative estimate of drug-likeness (QED) is 0.150. The number of benzene rings is 4. The molecule has 1 atom stereocenters. The van der Waals surface area contributed by atoms with Crippen LogP contribution in [0.3, 0.4) is 0 Å². The Balaban J connectivity index is 1.56. The Morgan fingerprint density at radius 3 is 2.20 bits per heavy atom. The second kappa shape index (κ2) is 16.8. The third kappa shape index (κ3) is 9.39. The molecule has 1 N–H and O–H groups in total. The highest BCUT2D eigenvalue weighted by Crippen LogP contribution is 2.28. The Morgan fingerprint density at radius 1 is 0.898 bits per heavy atom. The van der Waals surface area contributed by atoms with Gasteiger partial charge in [-0.1, -0.05) is 79.4 Å². The first-order valence-electron chi connectivity index (χ1n) is 16.5. The Kier molecular flexibility index (Phi) is 12.3. The summed E-state index contributed by atoms with van der Waals surface area (Å²) in [6.45, 7) is 1.52. The molecule has 2 amide bonds. The van der Waals surface area contributed by atoms with Crippen molar-refractivity contribution in [2.75, 3.05) is 17.5 Å². The molecule has 1 aliphatic carbocycles. The Morgan fingerprint density at radius 2 is 1.55 bits per heavy atom. The van der Waals surface area contributed by atoms with Crippen molar-refractivity contribution in [3.8, 4) is 5.75 Å². The van der Waals surface area contributed by atoms with Crippen LogP contribution in [-0.2, 0) is 32.6 Å². The van der Waals surface area contributed by atoms with E-state index in [0.29, 0.717) is 22.9 Å². The molecule has 49 heavy (non-hydrogen) atoms. The molecule has 1 saturated carbocycles. The summed E-state index contributed by atoms with van der Waals surface area (Å²) in [7, 11) is -4.35. The summed E-state index contributed by atoms with van der Waals surface area (Å²) in [5.41, 5.74) is 1.52. The summed E-state index contributed by atoms with van der Waals surface area (Å²) in [5, 5.41) is 3.59. The molecule has 0 bridgehead atoms. The lowest BCUT2D eigenvalue weighted by molar-refractivity contribution is -0.140. The van der Waals surface area contributed by atoms with Crippen molar-refractivity contribution < 1.29 is 27.1 Å². The lowest BCUT2D eigenvalue weighted by Crippen LogP contribution is -2.55. The zero-order chi connectivity index (χ0) is 34.8. The van der Waals surface area contributed by atoms with E-state index < -0.39 is 34.3 Å². The SMILES string of the molecule is CCOc1ccc(S(=O)(=O)N(CC(=O)N(Cc2ccccc2Cl)[C@@H](Cc2ccccc2)C(=O)NC2CCCCC2)c2ccc(F)cc2)cc1. The molecule has 0 unspecified atom stereocenters. The number of sulfonamides is 1. The van der Waals surface area contributed by atoms with Crippen LogP contribution in [0.2, 0.25) is 5.02 Å². The first-order chi connectivity index (χ1) is 23.7. The molecule has 0 saturated heterocycles. The van der Waals surface area contributed by atoms with E-state index in [4.69, 9.17) is 16.3 Å². The molecule has 11 heteroatoms. The lowest BCUT2D eigenvalue weighted by Gasteiger charge is -2.35. The third-order valence-electron chi connectivity index (χ3n) is 8.64. The largest absolute Gasteiger partial charge is 0.494 e. The summed E-state index contributed by atoms with van der Waals surface area (Å²) in [6, 6.07) is 26.2. The maximum Gasteiger partial charge on any atom is 0.264 e. The number of hydrogen-bond acceptors (Lipinski definition) is 5. The highest BCUT2D eigenvalue weighted by atomic mass is 35.5. The van der Waals surface area contributed by atoms with Gasteiger partial charge in [-0.05, 0) is 85.5 Å². The smallest absolute Gasteiger partial charge is 0.264 e. The van der Waals surface area contributed by atoms with Crippen LogP contribution >= 0.6 is 11.6 Å². The Hall–Kier alpha value is -4.41. The number of ether oxygens (including phenoxy) is 1. The normalized spacial score (nSPS) is 14.1. The molecular formula is C38H41ClFN3O5S. The summed E-state index contributed by atoms with van der Waals surface area (Å²) >= 11 is 6.59. The maximum absolute atomic E-state index is 14.7. The summed E-state index contributed by atoms with van der Waals surface area (Å²) in [4.78, 5) is 30.2. The van der Waals surface area contributed by atoms with E-state index in [1.54, 1.807) is 24.3 Å². The van der Waals surface area contributed by atoms with Gasteiger partial charge >= 0.3 is 0 Å². The number of nitrogens with one attached hydrogen (secondary N) is 1. The van der Waals surface area contributed by atoms with Crippen LogP contribution in [0.4, 0.5) is 10.1 Å². The average Bonchev–Trinajstić information content (AvgIpc) is 3.11. The van der Waals surface area contributed by atoms with Crippen LogP contribution in [-0.4, -0.2) is 50.4 Å². The summed E-state index contributed by atoms with van der Waals surface area (Å²) < 4.78 is 48.9. The van der Waals surface area contributed by atoms with Gasteiger partial charge in [-0.15, -0.1) is 0 Å². The van der Waals surface area contributed by atoms with Gasteiger partial charge in [0.2, 0.25) is 11.8 Å². The predicted molar refractivity (Wildman–Crippen MR) is 189 cm³/mol. The molecular weight excluding hydrogens is 665 g/mol. The van der Waals surface area contributed by atoms with E-state index in [0.717, 1.165) is 54.1 Å². The highest BCUT2D eigenvalue weighted by Gasteiger charge is 2.35. The molecule has 5 rings (SSSR count). The summed E-state index contributed by atoms with van der Waals surface area (Å²) in [5.74, 6) is -1.02. The van der Waals surface area contributed by atoms with Crippen molar-refractivity contribution in [3.05, 3.63) is 125 Å². The van der Waals surface area contributed by atoms with Gasteiger partial charge in [0.25, 0.3) is 10.0 Å². The molecule has 4 aromatic carbocycles. The van der Waals surface area contributed by atoms with Crippen molar-refractivity contribution in [2.45, 2.75) is 69.0 Å². The van der Waals surface area contributed by atoms with Gasteiger partial charge < -0.3 is 15.0 Å². The van der Waals surface area contributed by atoms with Gasteiger partial charge in [0.1, 0.15) is 24.2 Å². The Labute approximate surface area is 292 Å². The fourth-order valence-electron chi connectivity index (χ4n) is 6.05. The van der Waals surface area contributed by atoms with E-state index in [1.165, 1.54) is 41.3 Å². The highest BCUT2D eigenvalue weighted by molar-refractivity contribution is 7.92. The maximum atomic E-state index is 14.7. The predicted octanol–water partition coefficient (Wildman–Crippen LogP) is 7.16. The zero-order valence-electron chi connectivity index (χ0n) is 27.4. The molecule has 1 aliphatic rings. The van der Waals surface area contributed by atoms with Crippen LogP contribution in [0.1, 0.15) is 50.2 Å². The van der Waals surface area contributed by atoms with Crippen molar-refractivity contribution >= 4 is 39.1 Å². The van der Waals surface area contributed by atoms with E-state index in [1.807, 2.05) is 37.3 Å². The van der Waals surface area contributed by atoms with E-state index in [9.17, 15) is 22.4 Å². The number of amides is 2. The standard InChI is InChI=1S/C38H41ClFN3O5S/c1-2-48-33-21-23-34(24-22-33)49(46,47)43(32-19-17-30(40)18-20-32)27-37(44)42(26-29-13-9-10-16-35(29)39)36(25-28-11-5-3-6-12-28)38(45)41-31-14-7-4-8-15-31/h3,5-6,9-13,16-24,31,36H,2,4,7-8,14-15,25-27H2,1H3,(H,41,45)/t36-/m0/s1. The van der Waals surface area contributed by atoms with E-state index in [-0.39, 0.29) is 35.5 Å². The van der Waals surface area contributed by atoms with Crippen LogP contribution in [0.5, 0.6) is 5.75 Å². The molecule has 4 aromatic rings. The molecule has 8 nitrogen and oxygen atoms in total. The van der Waals surface area contributed by atoms with Crippen molar-refractivity contribution in [3.63, 3.8) is 0 Å². The van der Waals surface area contributed by atoms with Gasteiger partial charge in [0.05, 0.1) is 17.2 Å². The van der Waals surface area contributed by atoms with Crippen molar-refractivity contribution in [1.29, 1.82) is 0 Å². The minimum absolute atomic E-state index is 0.0208. The van der Waals surface area contributed by atoms with Crippen molar-refractivity contribution in [1.82, 2.24) is 10.2 Å². The lowest BCUT2D eigenvalue weighted by atomic mass is 9.94. The molecule has 0 aromatic heterocycles. The number of hydrogen-bond donors (Lipinski definition) is 1. The average molecular weight is 706 g/mol. The minimum Gasteiger partial charge on any atom is -0.494 e. The van der Waals surface area contributed by atoms with E-state index in [2.05, 4.69) is 5.32 Å². The van der Waals surface area contributed by atoms with Crippen LogP contribution in [0.25, 0.3) is 0 Å². The minimum atomic E-state index is -4.35. The Bertz CT molecular complexity index is 1800. The fourth-order valence-corrected chi connectivity index (χ4v) is 7.66. The molecule has 1 fully saturated rings. The van der Waals surface area contributed by atoms with Gasteiger partial charge in [-0.25, -0.2) is 12.8 Å². The number of nitrogens with zero attached hydrogens (tertiary/aromatic N) is 2. The van der Waals surface area contributed by atoms with Crippen LogP contribution in [0.15, 0.2) is 108 Å². The first-order valence-corrected chi connectivity index (χ1v) is 18.4. The molecule has 0 spiro atoms. The molecule has 0 radical (unpaired) electrons. The number of halogens is 2. The molecule has 0 heterocycles. The van der Waals surface area contributed by atoms with Gasteiger partial charge in [-0.3, -0.25) is 13.9 Å². The molecule has 0 aliphatic heterocycles. The zero-order valence-corrected chi connectivity index (χ0v) is 29.0. The topological polar surface area (TPSA) is 96.0 Å². The fraction of sp³-hybridized carbons (Fsp3) is 0.316. The second-order valence-corrected chi connectivity index (χ2v) is 14.3. The van der Waals surface area contributed by atoms with Crippen molar-refractivity contribution in [2.24, 2.45) is 0 Å². The monoisotopic (exact) mass is 705 g/mol. The second-order valence-electron chi connectivity index (χ2n) is 12.1. The summed E-state index contributed by atoms with van der Waals surface area (Å²) in [6.07, 6.45) is 5.01. The van der Waals surface area contributed by atoms with Gasteiger partial charge in [0, 0.05) is 24.0 Å². The van der Waals surface area contributed by atoms with Gasteiger partial charge in [-0.2, -0.15) is 0 Å². The van der Waals surface area contributed by atoms with Crippen LogP contribution in [0, 0.1) is 5.82 Å². The number of anilines is 1. The number of carbonyl (C=O) groups excluding carboxylic acids is 2.